The van der Waals surface area contributed by atoms with Crippen molar-refractivity contribution < 1.29 is 14.7 Å². The van der Waals surface area contributed by atoms with Crippen LogP contribution in [0.3, 0.4) is 0 Å². The first kappa shape index (κ1) is 16.1. The molecule has 2 N–H and O–H groups in total. The summed E-state index contributed by atoms with van der Waals surface area (Å²) in [7, 11) is 0. The lowest BCUT2D eigenvalue weighted by molar-refractivity contribution is -0.137. The largest absolute Gasteiger partial charge is 0.480 e. The van der Waals surface area contributed by atoms with Gasteiger partial charge in [-0.3, -0.25) is 4.79 Å². The summed E-state index contributed by atoms with van der Waals surface area (Å²) in [6.07, 6.45) is 5.13. The van der Waals surface area contributed by atoms with Gasteiger partial charge in [0.1, 0.15) is 6.54 Å². The predicted octanol–water partition coefficient (Wildman–Crippen LogP) is 2.24. The number of nitrogens with one attached hydrogen (secondary N) is 1. The molecule has 0 saturated heterocycles. The summed E-state index contributed by atoms with van der Waals surface area (Å²) in [6, 6.07) is 6.74. The molecular formula is C14H15BrN2O3. The fourth-order valence-corrected chi connectivity index (χ4v) is 1.85. The van der Waals surface area contributed by atoms with Crippen LogP contribution in [0.4, 0.5) is 4.79 Å². The van der Waals surface area contributed by atoms with Crippen molar-refractivity contribution in [2.24, 2.45) is 0 Å². The molecule has 0 aliphatic heterocycles. The summed E-state index contributed by atoms with van der Waals surface area (Å²) in [5, 5.41) is 11.5. The topological polar surface area (TPSA) is 69.6 Å². The van der Waals surface area contributed by atoms with Crippen LogP contribution in [0.2, 0.25) is 0 Å². The molecule has 1 unspecified atom stereocenters. The second-order valence-corrected chi connectivity index (χ2v) is 5.09. The van der Waals surface area contributed by atoms with E-state index in [-0.39, 0.29) is 12.6 Å². The second-order valence-electron chi connectivity index (χ2n) is 4.18. The normalized spacial score (nSPS) is 11.2. The molecule has 5 nitrogen and oxygen atoms in total. The van der Waals surface area contributed by atoms with Gasteiger partial charge in [-0.25, -0.2) is 4.79 Å². The number of carbonyl (C=O) groups excluding carboxylic acids is 1. The average molecular weight is 339 g/mol. The van der Waals surface area contributed by atoms with E-state index in [0.29, 0.717) is 0 Å². The SMILES string of the molecule is C#CCN(CC(=O)O)C(=O)NC(C)c1ccc(Br)cc1. The molecule has 0 aliphatic carbocycles. The minimum absolute atomic E-state index is 0.0504. The third kappa shape index (κ3) is 4.94. The van der Waals surface area contributed by atoms with Crippen LogP contribution in [-0.2, 0) is 4.79 Å². The molecule has 0 heterocycles. The highest BCUT2D eigenvalue weighted by Crippen LogP contribution is 2.16. The standard InChI is InChI=1S/C14H15BrN2O3/c1-3-8-17(9-13(18)19)14(20)16-10(2)11-4-6-12(15)7-5-11/h1,4-7,10H,8-9H2,2H3,(H,16,20)(H,18,19). The fraction of sp³-hybridized carbons (Fsp3) is 0.286. The average Bonchev–Trinajstić information content (AvgIpc) is 2.38. The van der Waals surface area contributed by atoms with Gasteiger partial charge in [-0.2, -0.15) is 0 Å². The maximum Gasteiger partial charge on any atom is 0.323 e. The number of rotatable bonds is 5. The highest BCUT2D eigenvalue weighted by atomic mass is 79.9. The Balaban J connectivity index is 2.69. The molecule has 1 aromatic carbocycles. The maximum absolute atomic E-state index is 12.0. The van der Waals surface area contributed by atoms with E-state index < -0.39 is 18.5 Å². The Morgan fingerprint density at radius 3 is 2.55 bits per heavy atom. The Hall–Kier alpha value is -2.00. The summed E-state index contributed by atoms with van der Waals surface area (Å²) in [6.45, 7) is 1.34. The van der Waals surface area contributed by atoms with Crippen LogP contribution in [0, 0.1) is 12.3 Å². The lowest BCUT2D eigenvalue weighted by atomic mass is 10.1. The van der Waals surface area contributed by atoms with Crippen LogP contribution in [0.25, 0.3) is 0 Å². The van der Waals surface area contributed by atoms with Gasteiger partial charge in [0.2, 0.25) is 0 Å². The number of benzene rings is 1. The van der Waals surface area contributed by atoms with Gasteiger partial charge in [0, 0.05) is 4.47 Å². The first-order valence-corrected chi connectivity index (χ1v) is 6.69. The zero-order chi connectivity index (χ0) is 15.1. The van der Waals surface area contributed by atoms with Crippen molar-refractivity contribution in [2.75, 3.05) is 13.1 Å². The van der Waals surface area contributed by atoms with Gasteiger partial charge >= 0.3 is 12.0 Å². The predicted molar refractivity (Wildman–Crippen MR) is 79.1 cm³/mol. The first-order valence-electron chi connectivity index (χ1n) is 5.90. The minimum atomic E-state index is -1.10. The maximum atomic E-state index is 12.0. The van der Waals surface area contributed by atoms with Gasteiger partial charge < -0.3 is 15.3 Å². The number of hydrogen-bond acceptors (Lipinski definition) is 2. The Morgan fingerprint density at radius 2 is 2.05 bits per heavy atom. The van der Waals surface area contributed by atoms with Gasteiger partial charge in [-0.1, -0.05) is 34.0 Å². The van der Waals surface area contributed by atoms with Crippen molar-refractivity contribution in [3.8, 4) is 12.3 Å². The van der Waals surface area contributed by atoms with E-state index >= 15 is 0 Å². The first-order chi connectivity index (χ1) is 9.43. The molecule has 0 spiro atoms. The van der Waals surface area contributed by atoms with Crippen molar-refractivity contribution >= 4 is 27.9 Å². The number of carboxylic acids is 1. The number of aliphatic carboxylic acids is 1. The molecule has 0 radical (unpaired) electrons. The lowest BCUT2D eigenvalue weighted by Gasteiger charge is -2.22. The van der Waals surface area contributed by atoms with Gasteiger partial charge in [-0.05, 0) is 24.6 Å². The van der Waals surface area contributed by atoms with Crippen LogP contribution < -0.4 is 5.32 Å². The molecule has 0 saturated carbocycles. The molecule has 0 aromatic heterocycles. The monoisotopic (exact) mass is 338 g/mol. The van der Waals surface area contributed by atoms with Crippen molar-refractivity contribution in [2.45, 2.75) is 13.0 Å². The van der Waals surface area contributed by atoms with E-state index in [1.165, 1.54) is 0 Å². The molecular weight excluding hydrogens is 324 g/mol. The Kier molecular flexibility index (Phi) is 6.07. The number of urea groups is 1. The minimum Gasteiger partial charge on any atom is -0.480 e. The van der Waals surface area contributed by atoms with Gasteiger partial charge in [0.15, 0.2) is 0 Å². The molecule has 106 valence electrons. The Morgan fingerprint density at radius 1 is 1.45 bits per heavy atom. The van der Waals surface area contributed by atoms with Crippen molar-refractivity contribution in [1.82, 2.24) is 10.2 Å². The highest BCUT2D eigenvalue weighted by Gasteiger charge is 2.18. The number of nitrogens with zero attached hydrogens (tertiary/aromatic N) is 1. The summed E-state index contributed by atoms with van der Waals surface area (Å²) in [5.41, 5.74) is 0.914. The summed E-state index contributed by atoms with van der Waals surface area (Å²) in [4.78, 5) is 23.7. The lowest BCUT2D eigenvalue weighted by Crippen LogP contribution is -2.43. The molecule has 20 heavy (non-hydrogen) atoms. The van der Waals surface area contributed by atoms with E-state index in [4.69, 9.17) is 11.5 Å². The van der Waals surface area contributed by atoms with Crippen LogP contribution in [0.5, 0.6) is 0 Å². The molecule has 1 aromatic rings. The smallest absolute Gasteiger partial charge is 0.323 e. The number of terminal acetylenes is 1. The van der Waals surface area contributed by atoms with E-state index in [2.05, 4.69) is 27.2 Å². The van der Waals surface area contributed by atoms with Gasteiger partial charge in [0.05, 0.1) is 12.6 Å². The molecule has 6 heteroatoms. The van der Waals surface area contributed by atoms with Crippen molar-refractivity contribution in [3.63, 3.8) is 0 Å². The highest BCUT2D eigenvalue weighted by molar-refractivity contribution is 9.10. The Bertz CT molecular complexity index is 522. The fourth-order valence-electron chi connectivity index (χ4n) is 1.58. The quantitative estimate of drug-likeness (QED) is 0.809. The number of carbonyl (C=O) groups is 2. The molecule has 0 fully saturated rings. The number of halogens is 1. The van der Waals surface area contributed by atoms with E-state index in [9.17, 15) is 9.59 Å². The molecule has 0 aliphatic rings. The number of carboxylic acid groups (broad SMARTS) is 1. The number of hydrogen-bond donors (Lipinski definition) is 2. The van der Waals surface area contributed by atoms with Gasteiger partial charge in [0.25, 0.3) is 0 Å². The molecule has 2 amide bonds. The van der Waals surface area contributed by atoms with Crippen molar-refractivity contribution in [1.29, 1.82) is 0 Å². The van der Waals surface area contributed by atoms with Crippen LogP contribution in [-0.4, -0.2) is 35.1 Å². The van der Waals surface area contributed by atoms with Crippen LogP contribution >= 0.6 is 15.9 Å². The second kappa shape index (κ2) is 7.56. The van der Waals surface area contributed by atoms with E-state index in [0.717, 1.165) is 14.9 Å². The van der Waals surface area contributed by atoms with Crippen molar-refractivity contribution in [3.05, 3.63) is 34.3 Å². The van der Waals surface area contributed by atoms with E-state index in [1.54, 1.807) is 0 Å². The zero-order valence-corrected chi connectivity index (χ0v) is 12.6. The third-order valence-corrected chi connectivity index (χ3v) is 3.13. The van der Waals surface area contributed by atoms with E-state index in [1.807, 2.05) is 31.2 Å². The number of amides is 2. The third-order valence-electron chi connectivity index (χ3n) is 2.61. The zero-order valence-electron chi connectivity index (χ0n) is 11.0. The molecule has 1 atom stereocenters. The summed E-state index contributed by atoms with van der Waals surface area (Å²) >= 11 is 3.33. The molecule has 0 bridgehead atoms. The van der Waals surface area contributed by atoms with Crippen LogP contribution in [0.1, 0.15) is 18.5 Å². The summed E-state index contributed by atoms with van der Waals surface area (Å²) in [5.74, 6) is 1.17. The molecule has 1 rings (SSSR count). The van der Waals surface area contributed by atoms with Crippen LogP contribution in [0.15, 0.2) is 28.7 Å². The Labute approximate surface area is 126 Å². The van der Waals surface area contributed by atoms with Gasteiger partial charge in [-0.15, -0.1) is 6.42 Å². The summed E-state index contributed by atoms with van der Waals surface area (Å²) < 4.78 is 0.944.